The molecular formula is C15H30N2. The number of rotatable bonds is 6. The van der Waals surface area contributed by atoms with Crippen LogP contribution in [-0.2, 0) is 0 Å². The summed E-state index contributed by atoms with van der Waals surface area (Å²) in [4.78, 5) is 2.78. The molecule has 2 aliphatic rings. The standard InChI is InChI=1S/C15H30N2/c1-4-15(13-7-8-13)17-9-5-6-14(11-17)16-10-12(2)3/h12-16H,4-11H2,1-3H3. The highest BCUT2D eigenvalue weighted by molar-refractivity contribution is 4.91. The molecule has 2 nitrogen and oxygen atoms in total. The molecule has 2 fully saturated rings. The lowest BCUT2D eigenvalue weighted by atomic mass is 9.99. The Kier molecular flexibility index (Phi) is 4.87. The average Bonchev–Trinajstić information content (AvgIpc) is 3.12. The van der Waals surface area contributed by atoms with E-state index in [2.05, 4.69) is 31.0 Å². The summed E-state index contributed by atoms with van der Waals surface area (Å²) in [6, 6.07) is 1.64. The molecule has 1 heterocycles. The minimum absolute atomic E-state index is 0.749. The molecule has 1 saturated carbocycles. The van der Waals surface area contributed by atoms with Gasteiger partial charge in [0.15, 0.2) is 0 Å². The van der Waals surface area contributed by atoms with Crippen molar-refractivity contribution in [2.75, 3.05) is 19.6 Å². The first-order chi connectivity index (χ1) is 8.20. The van der Waals surface area contributed by atoms with E-state index in [1.54, 1.807) is 0 Å². The maximum atomic E-state index is 3.75. The summed E-state index contributed by atoms with van der Waals surface area (Å²) in [5.74, 6) is 1.81. The van der Waals surface area contributed by atoms with Gasteiger partial charge in [0.25, 0.3) is 0 Å². The maximum Gasteiger partial charge on any atom is 0.0195 e. The topological polar surface area (TPSA) is 15.3 Å². The Labute approximate surface area is 107 Å². The Morgan fingerprint density at radius 3 is 2.59 bits per heavy atom. The lowest BCUT2D eigenvalue weighted by Gasteiger charge is -2.39. The van der Waals surface area contributed by atoms with E-state index < -0.39 is 0 Å². The van der Waals surface area contributed by atoms with Gasteiger partial charge in [-0.15, -0.1) is 0 Å². The Hall–Kier alpha value is -0.0800. The molecule has 1 saturated heterocycles. The molecule has 0 aromatic carbocycles. The zero-order valence-electron chi connectivity index (χ0n) is 11.9. The van der Waals surface area contributed by atoms with E-state index in [4.69, 9.17) is 0 Å². The van der Waals surface area contributed by atoms with Crippen LogP contribution in [-0.4, -0.2) is 36.6 Å². The van der Waals surface area contributed by atoms with E-state index in [1.807, 2.05) is 0 Å². The van der Waals surface area contributed by atoms with E-state index >= 15 is 0 Å². The van der Waals surface area contributed by atoms with Crippen LogP contribution in [0.15, 0.2) is 0 Å². The fraction of sp³-hybridized carbons (Fsp3) is 1.00. The fourth-order valence-electron chi connectivity index (χ4n) is 3.25. The largest absolute Gasteiger partial charge is 0.312 e. The highest BCUT2D eigenvalue weighted by atomic mass is 15.2. The van der Waals surface area contributed by atoms with Gasteiger partial charge in [0.1, 0.15) is 0 Å². The van der Waals surface area contributed by atoms with Crippen LogP contribution in [0.2, 0.25) is 0 Å². The fourth-order valence-corrected chi connectivity index (χ4v) is 3.25. The highest BCUT2D eigenvalue weighted by Gasteiger charge is 2.35. The number of nitrogens with one attached hydrogen (secondary N) is 1. The monoisotopic (exact) mass is 238 g/mol. The third-order valence-electron chi connectivity index (χ3n) is 4.32. The first-order valence-electron chi connectivity index (χ1n) is 7.68. The molecule has 0 aromatic heterocycles. The van der Waals surface area contributed by atoms with Gasteiger partial charge in [0.2, 0.25) is 0 Å². The highest BCUT2D eigenvalue weighted by Crippen LogP contribution is 2.37. The molecule has 2 atom stereocenters. The summed E-state index contributed by atoms with van der Waals surface area (Å²) in [6.07, 6.45) is 7.09. The second-order valence-corrected chi connectivity index (χ2v) is 6.45. The zero-order chi connectivity index (χ0) is 12.3. The maximum absolute atomic E-state index is 3.75. The van der Waals surface area contributed by atoms with Crippen LogP contribution in [0.25, 0.3) is 0 Å². The molecule has 0 bridgehead atoms. The minimum atomic E-state index is 0.749. The summed E-state index contributed by atoms with van der Waals surface area (Å²) >= 11 is 0. The van der Waals surface area contributed by atoms with Crippen molar-refractivity contribution in [3.8, 4) is 0 Å². The van der Waals surface area contributed by atoms with Gasteiger partial charge in [0.05, 0.1) is 0 Å². The van der Waals surface area contributed by atoms with Crippen LogP contribution in [0.5, 0.6) is 0 Å². The molecule has 17 heavy (non-hydrogen) atoms. The van der Waals surface area contributed by atoms with Gasteiger partial charge in [-0.3, -0.25) is 4.90 Å². The van der Waals surface area contributed by atoms with E-state index in [0.717, 1.165) is 23.9 Å². The molecule has 2 rings (SSSR count). The van der Waals surface area contributed by atoms with Crippen molar-refractivity contribution >= 4 is 0 Å². The normalized spacial score (nSPS) is 28.6. The first kappa shape index (κ1) is 13.4. The summed E-state index contributed by atoms with van der Waals surface area (Å²) in [5, 5.41) is 3.75. The lowest BCUT2D eigenvalue weighted by molar-refractivity contribution is 0.118. The van der Waals surface area contributed by atoms with Gasteiger partial charge in [-0.1, -0.05) is 20.8 Å². The third-order valence-corrected chi connectivity index (χ3v) is 4.32. The van der Waals surface area contributed by atoms with Gasteiger partial charge < -0.3 is 5.32 Å². The lowest BCUT2D eigenvalue weighted by Crippen LogP contribution is -2.50. The number of nitrogens with zero attached hydrogens (tertiary/aromatic N) is 1. The van der Waals surface area contributed by atoms with Crippen molar-refractivity contribution in [1.29, 1.82) is 0 Å². The van der Waals surface area contributed by atoms with Gasteiger partial charge in [-0.05, 0) is 57.0 Å². The van der Waals surface area contributed by atoms with E-state index in [-0.39, 0.29) is 0 Å². The Morgan fingerprint density at radius 1 is 1.24 bits per heavy atom. The Balaban J connectivity index is 1.79. The second kappa shape index (κ2) is 6.19. The Morgan fingerprint density at radius 2 is 2.00 bits per heavy atom. The molecule has 2 unspecified atom stereocenters. The average molecular weight is 238 g/mol. The number of piperidine rings is 1. The summed E-state index contributed by atoms with van der Waals surface area (Å²) in [7, 11) is 0. The first-order valence-corrected chi connectivity index (χ1v) is 7.68. The molecule has 1 aliphatic carbocycles. The molecule has 2 heteroatoms. The quantitative estimate of drug-likeness (QED) is 0.765. The van der Waals surface area contributed by atoms with Gasteiger partial charge in [-0.25, -0.2) is 0 Å². The van der Waals surface area contributed by atoms with Crippen molar-refractivity contribution in [3.05, 3.63) is 0 Å². The van der Waals surface area contributed by atoms with Crippen LogP contribution in [0.3, 0.4) is 0 Å². The third kappa shape index (κ3) is 3.96. The van der Waals surface area contributed by atoms with Crippen molar-refractivity contribution < 1.29 is 0 Å². The van der Waals surface area contributed by atoms with Crippen molar-refractivity contribution in [2.24, 2.45) is 11.8 Å². The van der Waals surface area contributed by atoms with Crippen molar-refractivity contribution in [2.45, 2.75) is 65.0 Å². The number of likely N-dealkylation sites (tertiary alicyclic amines) is 1. The van der Waals surface area contributed by atoms with Crippen LogP contribution in [0.1, 0.15) is 52.9 Å². The molecule has 0 aromatic rings. The second-order valence-electron chi connectivity index (χ2n) is 6.45. The van der Waals surface area contributed by atoms with Crippen LogP contribution in [0, 0.1) is 11.8 Å². The summed E-state index contributed by atoms with van der Waals surface area (Å²) in [5.41, 5.74) is 0. The smallest absolute Gasteiger partial charge is 0.0195 e. The van der Waals surface area contributed by atoms with Gasteiger partial charge in [-0.2, -0.15) is 0 Å². The van der Waals surface area contributed by atoms with Gasteiger partial charge >= 0.3 is 0 Å². The van der Waals surface area contributed by atoms with E-state index in [1.165, 1.54) is 51.7 Å². The molecule has 0 amide bonds. The molecule has 100 valence electrons. The predicted octanol–water partition coefficient (Wildman–Crippen LogP) is 2.89. The van der Waals surface area contributed by atoms with Crippen molar-refractivity contribution in [1.82, 2.24) is 10.2 Å². The number of hydrogen-bond acceptors (Lipinski definition) is 2. The van der Waals surface area contributed by atoms with Crippen LogP contribution >= 0.6 is 0 Å². The van der Waals surface area contributed by atoms with E-state index in [9.17, 15) is 0 Å². The SMILES string of the molecule is CCC(C1CC1)N1CCCC(NCC(C)C)C1. The van der Waals surface area contributed by atoms with Crippen molar-refractivity contribution in [3.63, 3.8) is 0 Å². The molecule has 0 radical (unpaired) electrons. The Bertz CT molecular complexity index is 223. The molecule has 1 aliphatic heterocycles. The molecular weight excluding hydrogens is 208 g/mol. The minimum Gasteiger partial charge on any atom is -0.312 e. The number of hydrogen-bond donors (Lipinski definition) is 1. The predicted molar refractivity (Wildman–Crippen MR) is 74.2 cm³/mol. The summed E-state index contributed by atoms with van der Waals surface area (Å²) in [6.45, 7) is 10.8. The van der Waals surface area contributed by atoms with Crippen LogP contribution in [0.4, 0.5) is 0 Å². The summed E-state index contributed by atoms with van der Waals surface area (Å²) < 4.78 is 0. The van der Waals surface area contributed by atoms with E-state index in [0.29, 0.717) is 0 Å². The van der Waals surface area contributed by atoms with Crippen LogP contribution < -0.4 is 5.32 Å². The molecule has 1 N–H and O–H groups in total. The molecule has 0 spiro atoms. The van der Waals surface area contributed by atoms with Gasteiger partial charge in [0, 0.05) is 18.6 Å². The zero-order valence-corrected chi connectivity index (χ0v) is 11.9.